The van der Waals surface area contributed by atoms with Gasteiger partial charge >= 0.3 is 0 Å². The Bertz CT molecular complexity index is 428. The van der Waals surface area contributed by atoms with Gasteiger partial charge < -0.3 is 10.1 Å². The third-order valence-electron chi connectivity index (χ3n) is 2.99. The van der Waals surface area contributed by atoms with Crippen LogP contribution in [-0.4, -0.2) is 30.0 Å². The van der Waals surface area contributed by atoms with Crippen LogP contribution in [0.4, 0.5) is 0 Å². The van der Waals surface area contributed by atoms with Crippen molar-refractivity contribution in [1.82, 2.24) is 15.1 Å². The minimum Gasteiger partial charge on any atom is -0.385 e. The summed E-state index contributed by atoms with van der Waals surface area (Å²) in [5.74, 6) is 0. The first-order valence-electron chi connectivity index (χ1n) is 6.11. The number of fused-ring (bicyclic) bond motifs is 1. The summed E-state index contributed by atoms with van der Waals surface area (Å²) in [6.07, 6.45) is 2.80. The lowest BCUT2D eigenvalue weighted by Gasteiger charge is -2.16. The van der Waals surface area contributed by atoms with Gasteiger partial charge in [-0.25, -0.2) is 4.68 Å². The summed E-state index contributed by atoms with van der Waals surface area (Å²) in [7, 11) is 1.69. The predicted octanol–water partition coefficient (Wildman–Crippen LogP) is 0.316. The van der Waals surface area contributed by atoms with Crippen LogP contribution >= 0.6 is 0 Å². The number of hydrogen-bond acceptors (Lipinski definition) is 4. The lowest BCUT2D eigenvalue weighted by Crippen LogP contribution is -2.31. The van der Waals surface area contributed by atoms with E-state index >= 15 is 0 Å². The molecular formula is C12H19N3O2. The van der Waals surface area contributed by atoms with Crippen molar-refractivity contribution in [2.24, 2.45) is 0 Å². The lowest BCUT2D eigenvalue weighted by molar-refractivity contribution is 0.190. The standard InChI is InChI=1S/C12H19N3O2/c1-17-7-3-2-6-15-12(16)8-10-9-13-5-4-11(10)14-15/h8,13H,2-7,9H2,1H3. The molecule has 0 aromatic carbocycles. The highest BCUT2D eigenvalue weighted by atomic mass is 16.5. The highest BCUT2D eigenvalue weighted by Crippen LogP contribution is 2.07. The number of aryl methyl sites for hydroxylation is 1. The van der Waals surface area contributed by atoms with Gasteiger partial charge in [0.15, 0.2) is 0 Å². The second-order valence-electron chi connectivity index (χ2n) is 4.30. The molecule has 0 saturated heterocycles. The quantitative estimate of drug-likeness (QED) is 0.749. The molecular weight excluding hydrogens is 218 g/mol. The van der Waals surface area contributed by atoms with E-state index in [1.165, 1.54) is 0 Å². The van der Waals surface area contributed by atoms with E-state index in [9.17, 15) is 4.79 Å². The fourth-order valence-electron chi connectivity index (χ4n) is 2.03. The maximum atomic E-state index is 11.8. The molecule has 0 atom stereocenters. The molecule has 2 heterocycles. The number of aromatic nitrogens is 2. The topological polar surface area (TPSA) is 56.2 Å². The van der Waals surface area contributed by atoms with Crippen LogP contribution in [0.15, 0.2) is 10.9 Å². The molecule has 0 unspecified atom stereocenters. The van der Waals surface area contributed by atoms with Gasteiger partial charge in [-0.05, 0) is 18.4 Å². The lowest BCUT2D eigenvalue weighted by atomic mass is 10.1. The van der Waals surface area contributed by atoms with Crippen LogP contribution < -0.4 is 10.9 Å². The molecule has 1 aromatic heterocycles. The second-order valence-corrected chi connectivity index (χ2v) is 4.30. The SMILES string of the molecule is COCCCCn1nc2c(cc1=O)CNCC2. The minimum absolute atomic E-state index is 0.00451. The van der Waals surface area contributed by atoms with Crippen LogP contribution in [0, 0.1) is 0 Å². The molecule has 94 valence electrons. The molecule has 1 aliphatic heterocycles. The fourth-order valence-corrected chi connectivity index (χ4v) is 2.03. The molecule has 0 amide bonds. The molecule has 0 spiro atoms. The van der Waals surface area contributed by atoms with E-state index in [0.29, 0.717) is 6.54 Å². The summed E-state index contributed by atoms with van der Waals surface area (Å²) >= 11 is 0. The number of nitrogens with one attached hydrogen (secondary N) is 1. The molecule has 0 bridgehead atoms. The van der Waals surface area contributed by atoms with Crippen LogP contribution in [0.25, 0.3) is 0 Å². The first-order valence-corrected chi connectivity index (χ1v) is 6.11. The van der Waals surface area contributed by atoms with Gasteiger partial charge in [0.1, 0.15) is 0 Å². The van der Waals surface area contributed by atoms with Crippen LogP contribution in [0.5, 0.6) is 0 Å². The van der Waals surface area contributed by atoms with Gasteiger partial charge in [0.2, 0.25) is 0 Å². The van der Waals surface area contributed by atoms with E-state index in [-0.39, 0.29) is 5.56 Å². The van der Waals surface area contributed by atoms with E-state index < -0.39 is 0 Å². The Morgan fingerprint density at radius 2 is 2.41 bits per heavy atom. The number of rotatable bonds is 5. The van der Waals surface area contributed by atoms with Gasteiger partial charge in [-0.2, -0.15) is 5.10 Å². The molecule has 17 heavy (non-hydrogen) atoms. The smallest absolute Gasteiger partial charge is 0.267 e. The Hall–Kier alpha value is -1.20. The van der Waals surface area contributed by atoms with Crippen LogP contribution in [0.1, 0.15) is 24.1 Å². The Morgan fingerprint density at radius 1 is 1.53 bits per heavy atom. The highest BCUT2D eigenvalue weighted by Gasteiger charge is 2.12. The molecule has 5 heteroatoms. The van der Waals surface area contributed by atoms with Crippen molar-refractivity contribution >= 4 is 0 Å². The molecule has 5 nitrogen and oxygen atoms in total. The first-order chi connectivity index (χ1) is 8.31. The van der Waals surface area contributed by atoms with Crippen molar-refractivity contribution in [1.29, 1.82) is 0 Å². The van der Waals surface area contributed by atoms with E-state index in [2.05, 4.69) is 10.4 Å². The van der Waals surface area contributed by atoms with Gasteiger partial charge in [0, 0.05) is 45.8 Å². The predicted molar refractivity (Wildman–Crippen MR) is 65.0 cm³/mol. The Labute approximate surface area is 101 Å². The molecule has 0 fully saturated rings. The number of nitrogens with zero attached hydrogens (tertiary/aromatic N) is 2. The van der Waals surface area contributed by atoms with Crippen molar-refractivity contribution in [2.45, 2.75) is 32.4 Å². The maximum Gasteiger partial charge on any atom is 0.267 e. The normalized spacial score (nSPS) is 14.6. The Balaban J connectivity index is 2.04. The van der Waals surface area contributed by atoms with E-state index in [1.807, 2.05) is 0 Å². The second kappa shape index (κ2) is 5.93. The van der Waals surface area contributed by atoms with Crippen molar-refractivity contribution in [2.75, 3.05) is 20.3 Å². The number of methoxy groups -OCH3 is 1. The molecule has 1 N–H and O–H groups in total. The van der Waals surface area contributed by atoms with Crippen molar-refractivity contribution in [3.8, 4) is 0 Å². The van der Waals surface area contributed by atoms with Gasteiger partial charge in [-0.15, -0.1) is 0 Å². The van der Waals surface area contributed by atoms with E-state index in [1.54, 1.807) is 17.9 Å². The first kappa shape index (κ1) is 12.3. The van der Waals surface area contributed by atoms with E-state index in [4.69, 9.17) is 4.74 Å². The average Bonchev–Trinajstić information content (AvgIpc) is 2.35. The molecule has 0 aliphatic carbocycles. The van der Waals surface area contributed by atoms with E-state index in [0.717, 1.165) is 50.2 Å². The van der Waals surface area contributed by atoms with Gasteiger partial charge in [0.25, 0.3) is 5.56 Å². The van der Waals surface area contributed by atoms with Crippen molar-refractivity contribution in [3.63, 3.8) is 0 Å². The number of hydrogen-bond donors (Lipinski definition) is 1. The monoisotopic (exact) mass is 237 g/mol. The molecule has 0 saturated carbocycles. The summed E-state index contributed by atoms with van der Waals surface area (Å²) in [5, 5.41) is 7.68. The zero-order chi connectivity index (χ0) is 12.1. The molecule has 0 radical (unpaired) electrons. The van der Waals surface area contributed by atoms with Crippen LogP contribution in [0.2, 0.25) is 0 Å². The average molecular weight is 237 g/mol. The summed E-state index contributed by atoms with van der Waals surface area (Å²) in [4.78, 5) is 11.8. The Kier molecular flexibility index (Phi) is 4.28. The van der Waals surface area contributed by atoms with Crippen LogP contribution in [-0.2, 0) is 24.2 Å². The zero-order valence-corrected chi connectivity index (χ0v) is 10.2. The van der Waals surface area contributed by atoms with Gasteiger partial charge in [-0.1, -0.05) is 0 Å². The largest absolute Gasteiger partial charge is 0.385 e. The third kappa shape index (κ3) is 3.14. The third-order valence-corrected chi connectivity index (χ3v) is 2.99. The summed E-state index contributed by atoms with van der Waals surface area (Å²) in [5.41, 5.74) is 2.12. The van der Waals surface area contributed by atoms with Crippen molar-refractivity contribution in [3.05, 3.63) is 27.7 Å². The molecule has 1 aliphatic rings. The zero-order valence-electron chi connectivity index (χ0n) is 10.2. The van der Waals surface area contributed by atoms with Gasteiger partial charge in [0.05, 0.1) is 5.69 Å². The maximum absolute atomic E-state index is 11.8. The Morgan fingerprint density at radius 3 is 3.24 bits per heavy atom. The summed E-state index contributed by atoms with van der Waals surface area (Å²) in [6, 6.07) is 1.71. The minimum atomic E-state index is 0.00451. The van der Waals surface area contributed by atoms with Crippen LogP contribution in [0.3, 0.4) is 0 Å². The van der Waals surface area contributed by atoms with Crippen molar-refractivity contribution < 1.29 is 4.74 Å². The summed E-state index contributed by atoms with van der Waals surface area (Å²) < 4.78 is 6.57. The molecule has 2 rings (SSSR count). The number of ether oxygens (including phenoxy) is 1. The van der Waals surface area contributed by atoms with Gasteiger partial charge in [-0.3, -0.25) is 4.79 Å². The molecule has 1 aromatic rings. The summed E-state index contributed by atoms with van der Waals surface area (Å²) in [6.45, 7) is 3.14. The highest BCUT2D eigenvalue weighted by molar-refractivity contribution is 5.20. The fraction of sp³-hybridized carbons (Fsp3) is 0.667. The number of unbranched alkanes of at least 4 members (excludes halogenated alkanes) is 1.